The number of nitriles is 1. The van der Waals surface area contributed by atoms with Gasteiger partial charge in [0, 0.05) is 36.5 Å². The molecule has 1 nitrogen and oxygen atoms in total. The monoisotopic (exact) mass is 639 g/mol. The van der Waals surface area contributed by atoms with Crippen LogP contribution in [0, 0.1) is 11.3 Å². The third kappa shape index (κ3) is 4.10. The molecule has 2 heteroatoms. The van der Waals surface area contributed by atoms with Crippen LogP contribution in [0.25, 0.3) is 91.9 Å². The summed E-state index contributed by atoms with van der Waals surface area (Å²) in [4.78, 5) is 0. The molecular formula is C47H29NS. The minimum Gasteiger partial charge on any atom is -0.192 e. The van der Waals surface area contributed by atoms with Crippen LogP contribution in [-0.2, 0) is 6.42 Å². The van der Waals surface area contributed by atoms with E-state index in [9.17, 15) is 5.26 Å². The van der Waals surface area contributed by atoms with Crippen molar-refractivity contribution >= 4 is 69.9 Å². The van der Waals surface area contributed by atoms with Gasteiger partial charge in [0.15, 0.2) is 0 Å². The third-order valence-corrected chi connectivity index (χ3v) is 11.6. The molecule has 0 saturated heterocycles. The lowest BCUT2D eigenvalue weighted by Crippen LogP contribution is -2.02. The van der Waals surface area contributed by atoms with Crippen LogP contribution < -0.4 is 0 Å². The van der Waals surface area contributed by atoms with Crippen LogP contribution >= 0.6 is 11.3 Å². The molecule has 1 heterocycles. The molecule has 0 atom stereocenters. The molecule has 1 aliphatic rings. The molecule has 1 aliphatic carbocycles. The Balaban J connectivity index is 1.32. The second-order valence-corrected chi connectivity index (χ2v) is 14.0. The largest absolute Gasteiger partial charge is 0.192 e. The van der Waals surface area contributed by atoms with Gasteiger partial charge in [-0.3, -0.25) is 0 Å². The zero-order valence-electron chi connectivity index (χ0n) is 26.7. The number of nitrogens with zero attached hydrogens (tertiary/aromatic N) is 1. The molecule has 9 aromatic rings. The maximum absolute atomic E-state index is 10.3. The van der Waals surface area contributed by atoms with E-state index in [0.717, 1.165) is 39.9 Å². The summed E-state index contributed by atoms with van der Waals surface area (Å²) in [5.41, 5.74) is 11.2. The van der Waals surface area contributed by atoms with Crippen molar-refractivity contribution in [3.8, 4) is 39.4 Å². The van der Waals surface area contributed by atoms with Crippen LogP contribution in [0.2, 0.25) is 0 Å². The molecule has 10 rings (SSSR count). The van der Waals surface area contributed by atoms with Crippen molar-refractivity contribution in [3.63, 3.8) is 0 Å². The van der Waals surface area contributed by atoms with Crippen molar-refractivity contribution in [2.75, 3.05) is 0 Å². The highest BCUT2D eigenvalue weighted by atomic mass is 32.1. The fourth-order valence-electron chi connectivity index (χ4n) is 8.40. The first-order chi connectivity index (χ1) is 24.3. The molecule has 0 saturated carbocycles. The van der Waals surface area contributed by atoms with Gasteiger partial charge in [-0.1, -0.05) is 146 Å². The van der Waals surface area contributed by atoms with Crippen LogP contribution in [0.15, 0.2) is 146 Å². The predicted octanol–water partition coefficient (Wildman–Crippen LogP) is 13.3. The molecule has 0 fully saturated rings. The van der Waals surface area contributed by atoms with Crippen LogP contribution in [0.3, 0.4) is 0 Å². The number of allylic oxidation sites excluding steroid dienone is 1. The summed E-state index contributed by atoms with van der Waals surface area (Å²) in [7, 11) is 0. The Labute approximate surface area is 288 Å². The summed E-state index contributed by atoms with van der Waals surface area (Å²) in [6, 6.07) is 52.8. The summed E-state index contributed by atoms with van der Waals surface area (Å²) in [5, 5.41) is 19.7. The minimum atomic E-state index is 0.739. The van der Waals surface area contributed by atoms with Gasteiger partial charge < -0.3 is 0 Å². The fraction of sp³-hybridized carbons (Fsp3) is 0.0426. The molecule has 49 heavy (non-hydrogen) atoms. The SMILES string of the molecule is N#Cc1c2ccccc2c(-c2cccc3sc4c(-c5c6c(c(-c7ccccc7)c7ccccc57)CCC=C6)cccc4c23)c2ccccc12. The van der Waals surface area contributed by atoms with E-state index in [4.69, 9.17) is 0 Å². The van der Waals surface area contributed by atoms with Crippen molar-refractivity contribution in [2.24, 2.45) is 0 Å². The minimum absolute atomic E-state index is 0.739. The third-order valence-electron chi connectivity index (χ3n) is 10.4. The van der Waals surface area contributed by atoms with Crippen molar-refractivity contribution < 1.29 is 0 Å². The second-order valence-electron chi connectivity index (χ2n) is 12.9. The Hall–Kier alpha value is -6.01. The molecule has 0 aliphatic heterocycles. The lowest BCUT2D eigenvalue weighted by atomic mass is 9.80. The number of thiophene rings is 1. The first-order valence-electron chi connectivity index (χ1n) is 16.9. The van der Waals surface area contributed by atoms with Gasteiger partial charge in [0.2, 0.25) is 0 Å². The number of hydrogen-bond donors (Lipinski definition) is 0. The van der Waals surface area contributed by atoms with E-state index in [0.29, 0.717) is 0 Å². The molecule has 1 aromatic heterocycles. The molecular weight excluding hydrogens is 611 g/mol. The van der Waals surface area contributed by atoms with E-state index in [2.05, 4.69) is 146 Å². The average Bonchev–Trinajstić information content (AvgIpc) is 3.56. The molecule has 228 valence electrons. The summed E-state index contributed by atoms with van der Waals surface area (Å²) in [6.07, 6.45) is 6.80. The van der Waals surface area contributed by atoms with Crippen molar-refractivity contribution in [1.29, 1.82) is 5.26 Å². The van der Waals surface area contributed by atoms with E-state index >= 15 is 0 Å². The molecule has 8 aromatic carbocycles. The molecule has 0 bridgehead atoms. The van der Waals surface area contributed by atoms with Gasteiger partial charge in [0.25, 0.3) is 0 Å². The van der Waals surface area contributed by atoms with Gasteiger partial charge in [-0.05, 0) is 79.4 Å². The van der Waals surface area contributed by atoms with E-state index in [-0.39, 0.29) is 0 Å². The van der Waals surface area contributed by atoms with Gasteiger partial charge in [0.05, 0.1) is 5.56 Å². The highest BCUT2D eigenvalue weighted by Gasteiger charge is 2.24. The zero-order chi connectivity index (χ0) is 32.5. The molecule has 0 N–H and O–H groups in total. The highest BCUT2D eigenvalue weighted by molar-refractivity contribution is 7.26. The van der Waals surface area contributed by atoms with Gasteiger partial charge >= 0.3 is 0 Å². The van der Waals surface area contributed by atoms with Crippen molar-refractivity contribution in [3.05, 3.63) is 162 Å². The number of fused-ring (bicyclic) bond motifs is 7. The van der Waals surface area contributed by atoms with Crippen molar-refractivity contribution in [1.82, 2.24) is 0 Å². The fourth-order valence-corrected chi connectivity index (χ4v) is 9.65. The summed E-state index contributed by atoms with van der Waals surface area (Å²) in [5.74, 6) is 0. The Morgan fingerprint density at radius 1 is 0.510 bits per heavy atom. The first-order valence-corrected chi connectivity index (χ1v) is 17.7. The lowest BCUT2D eigenvalue weighted by Gasteiger charge is -2.24. The van der Waals surface area contributed by atoms with Crippen LogP contribution in [0.1, 0.15) is 23.1 Å². The van der Waals surface area contributed by atoms with Gasteiger partial charge in [-0.2, -0.15) is 5.26 Å². The van der Waals surface area contributed by atoms with Gasteiger partial charge in [-0.15, -0.1) is 11.3 Å². The smallest absolute Gasteiger partial charge is 0.100 e. The van der Waals surface area contributed by atoms with Crippen LogP contribution in [0.4, 0.5) is 0 Å². The second kappa shape index (κ2) is 11.0. The van der Waals surface area contributed by atoms with E-state index in [1.807, 2.05) is 23.5 Å². The van der Waals surface area contributed by atoms with E-state index in [1.165, 1.54) is 75.5 Å². The standard InChI is InChI=1S/C47H29NS/c48-28-41-30-16-4-6-18-32(30)44(33-19-7-5-17-31(33)41)38-24-13-27-42-46(38)40-26-12-25-39(47(40)49-42)45-36-22-10-8-20-34(36)43(29-14-2-1-3-15-29)35-21-9-11-23-37(35)45/h1-8,10-20,22-27H,9,21H2. The molecule has 0 radical (unpaired) electrons. The van der Waals surface area contributed by atoms with Crippen LogP contribution in [0.5, 0.6) is 0 Å². The first kappa shape index (κ1) is 28.0. The Morgan fingerprint density at radius 2 is 1.08 bits per heavy atom. The van der Waals surface area contributed by atoms with Crippen LogP contribution in [-0.4, -0.2) is 0 Å². The molecule has 0 spiro atoms. The summed E-state index contributed by atoms with van der Waals surface area (Å²) in [6.45, 7) is 0. The lowest BCUT2D eigenvalue weighted by molar-refractivity contribution is 0.991. The van der Waals surface area contributed by atoms with E-state index in [1.54, 1.807) is 0 Å². The highest BCUT2D eigenvalue weighted by Crippen LogP contribution is 2.50. The topological polar surface area (TPSA) is 23.8 Å². The number of hydrogen-bond acceptors (Lipinski definition) is 2. The van der Waals surface area contributed by atoms with E-state index < -0.39 is 0 Å². The maximum atomic E-state index is 10.3. The van der Waals surface area contributed by atoms with Gasteiger partial charge in [-0.25, -0.2) is 0 Å². The molecule has 0 unspecified atom stereocenters. The number of rotatable bonds is 3. The Kier molecular flexibility index (Phi) is 6.31. The summed E-state index contributed by atoms with van der Waals surface area (Å²) < 4.78 is 2.58. The predicted molar refractivity (Wildman–Crippen MR) is 210 cm³/mol. The Bertz CT molecular complexity index is 2830. The Morgan fingerprint density at radius 3 is 1.78 bits per heavy atom. The normalized spacial score (nSPS) is 12.6. The van der Waals surface area contributed by atoms with Gasteiger partial charge in [0.1, 0.15) is 6.07 Å². The van der Waals surface area contributed by atoms with Crippen molar-refractivity contribution in [2.45, 2.75) is 12.8 Å². The summed E-state index contributed by atoms with van der Waals surface area (Å²) >= 11 is 1.89. The molecule has 0 amide bonds. The quantitative estimate of drug-likeness (QED) is 0.176. The number of benzene rings is 8. The zero-order valence-corrected chi connectivity index (χ0v) is 27.5. The average molecular weight is 640 g/mol. The maximum Gasteiger partial charge on any atom is 0.100 e.